The average Bonchev–Trinajstić information content (AvgIpc) is 2.95. The first-order valence-electron chi connectivity index (χ1n) is 7.36. The number of hydrogen-bond acceptors (Lipinski definition) is 4. The van der Waals surface area contributed by atoms with Crippen LogP contribution in [0.2, 0.25) is 0 Å². The van der Waals surface area contributed by atoms with Crippen molar-refractivity contribution in [1.29, 1.82) is 0 Å². The van der Waals surface area contributed by atoms with E-state index in [4.69, 9.17) is 9.15 Å². The van der Waals surface area contributed by atoms with Gasteiger partial charge in [0.05, 0.1) is 12.0 Å². The molecule has 0 amide bonds. The molecule has 0 bridgehead atoms. The minimum atomic E-state index is -0.00891. The molecule has 0 saturated heterocycles. The summed E-state index contributed by atoms with van der Waals surface area (Å²) in [5.41, 5.74) is 2.21. The van der Waals surface area contributed by atoms with Gasteiger partial charge in [-0.25, -0.2) is 4.98 Å². The van der Waals surface area contributed by atoms with E-state index in [0.717, 1.165) is 24.5 Å². The number of ether oxygens (including phenoxy) is 1. The number of hydrogen-bond donors (Lipinski definition) is 1. The van der Waals surface area contributed by atoms with Crippen molar-refractivity contribution in [3.05, 3.63) is 47.5 Å². The van der Waals surface area contributed by atoms with E-state index in [9.17, 15) is 0 Å². The number of nitrogens with one attached hydrogen (secondary N) is 1. The Morgan fingerprint density at radius 1 is 1.29 bits per heavy atom. The molecule has 2 aromatic heterocycles. The SMILES string of the molecule is CCNCc1cc(OCc2ccco2)nc(C(C)(C)C)c1. The van der Waals surface area contributed by atoms with Crippen LogP contribution in [-0.4, -0.2) is 11.5 Å². The summed E-state index contributed by atoms with van der Waals surface area (Å²) in [4.78, 5) is 4.62. The molecule has 2 heterocycles. The molecule has 2 rings (SSSR count). The van der Waals surface area contributed by atoms with Crippen molar-refractivity contribution in [3.63, 3.8) is 0 Å². The second-order valence-corrected chi connectivity index (χ2v) is 6.10. The van der Waals surface area contributed by atoms with Crippen molar-refractivity contribution in [2.75, 3.05) is 6.54 Å². The van der Waals surface area contributed by atoms with Crippen LogP contribution in [0.5, 0.6) is 5.88 Å². The van der Waals surface area contributed by atoms with Crippen molar-refractivity contribution < 1.29 is 9.15 Å². The Morgan fingerprint density at radius 3 is 2.71 bits per heavy atom. The molecule has 0 aliphatic rings. The van der Waals surface area contributed by atoms with E-state index in [-0.39, 0.29) is 5.41 Å². The highest BCUT2D eigenvalue weighted by Crippen LogP contribution is 2.24. The minimum Gasteiger partial charge on any atom is -0.469 e. The maximum absolute atomic E-state index is 5.77. The number of pyridine rings is 1. The van der Waals surface area contributed by atoms with Gasteiger partial charge >= 0.3 is 0 Å². The quantitative estimate of drug-likeness (QED) is 0.881. The number of furan rings is 1. The Hall–Kier alpha value is -1.81. The maximum atomic E-state index is 5.77. The molecular weight excluding hydrogens is 264 g/mol. The van der Waals surface area contributed by atoms with Crippen LogP contribution in [0, 0.1) is 0 Å². The highest BCUT2D eigenvalue weighted by atomic mass is 16.5. The van der Waals surface area contributed by atoms with E-state index >= 15 is 0 Å². The Labute approximate surface area is 126 Å². The fraction of sp³-hybridized carbons (Fsp3) is 0.471. The van der Waals surface area contributed by atoms with Gasteiger partial charge in [0, 0.05) is 18.0 Å². The van der Waals surface area contributed by atoms with Gasteiger partial charge in [-0.3, -0.25) is 0 Å². The van der Waals surface area contributed by atoms with E-state index in [1.54, 1.807) is 6.26 Å². The smallest absolute Gasteiger partial charge is 0.214 e. The minimum absolute atomic E-state index is 0.00891. The van der Waals surface area contributed by atoms with Crippen molar-refractivity contribution in [2.24, 2.45) is 0 Å². The number of nitrogens with zero attached hydrogens (tertiary/aromatic N) is 1. The van der Waals surface area contributed by atoms with Crippen LogP contribution in [0.4, 0.5) is 0 Å². The Morgan fingerprint density at radius 2 is 2.10 bits per heavy atom. The monoisotopic (exact) mass is 288 g/mol. The summed E-state index contributed by atoms with van der Waals surface area (Å²) in [6.45, 7) is 10.7. The zero-order valence-electron chi connectivity index (χ0n) is 13.3. The predicted octanol–water partition coefficient (Wildman–Crippen LogP) is 3.66. The second-order valence-electron chi connectivity index (χ2n) is 6.10. The van der Waals surface area contributed by atoms with Crippen molar-refractivity contribution in [1.82, 2.24) is 10.3 Å². The van der Waals surface area contributed by atoms with Crippen molar-refractivity contribution >= 4 is 0 Å². The topological polar surface area (TPSA) is 47.3 Å². The summed E-state index contributed by atoms with van der Waals surface area (Å²) < 4.78 is 11.1. The van der Waals surface area contributed by atoms with E-state index < -0.39 is 0 Å². The number of rotatable bonds is 6. The van der Waals surface area contributed by atoms with Crippen LogP contribution in [0.15, 0.2) is 34.9 Å². The average molecular weight is 288 g/mol. The summed E-state index contributed by atoms with van der Waals surface area (Å²) in [5.74, 6) is 1.44. The van der Waals surface area contributed by atoms with Gasteiger partial charge in [-0.05, 0) is 30.3 Å². The van der Waals surface area contributed by atoms with E-state index in [0.29, 0.717) is 12.5 Å². The van der Waals surface area contributed by atoms with Crippen LogP contribution in [0.25, 0.3) is 0 Å². The molecule has 0 spiro atoms. The van der Waals surface area contributed by atoms with Crippen LogP contribution in [-0.2, 0) is 18.6 Å². The standard InChI is InChI=1S/C17H24N2O2/c1-5-18-11-13-9-15(17(2,3)4)19-16(10-13)21-12-14-7-6-8-20-14/h6-10,18H,5,11-12H2,1-4H3. The van der Waals surface area contributed by atoms with Gasteiger partial charge in [0.2, 0.25) is 5.88 Å². The molecule has 21 heavy (non-hydrogen) atoms. The molecule has 0 saturated carbocycles. The third-order valence-electron chi connectivity index (χ3n) is 3.15. The van der Waals surface area contributed by atoms with Gasteiger partial charge in [0.15, 0.2) is 0 Å². The second kappa shape index (κ2) is 6.76. The zero-order chi connectivity index (χ0) is 15.3. The third-order valence-corrected chi connectivity index (χ3v) is 3.15. The summed E-state index contributed by atoms with van der Waals surface area (Å²) in [6.07, 6.45) is 1.65. The summed E-state index contributed by atoms with van der Waals surface area (Å²) >= 11 is 0. The van der Waals surface area contributed by atoms with Gasteiger partial charge in [0.25, 0.3) is 0 Å². The first-order valence-corrected chi connectivity index (χ1v) is 7.36. The zero-order valence-corrected chi connectivity index (χ0v) is 13.3. The fourth-order valence-corrected chi connectivity index (χ4v) is 1.93. The molecule has 114 valence electrons. The molecule has 0 aliphatic heterocycles. The van der Waals surface area contributed by atoms with Gasteiger partial charge in [0.1, 0.15) is 12.4 Å². The lowest BCUT2D eigenvalue weighted by Gasteiger charge is -2.20. The van der Waals surface area contributed by atoms with Crippen LogP contribution >= 0.6 is 0 Å². The largest absolute Gasteiger partial charge is 0.469 e. The van der Waals surface area contributed by atoms with E-state index in [2.05, 4.69) is 44.1 Å². The van der Waals surface area contributed by atoms with Crippen molar-refractivity contribution in [2.45, 2.75) is 46.3 Å². The molecule has 0 fully saturated rings. The Balaban J connectivity index is 2.17. The van der Waals surface area contributed by atoms with Gasteiger partial charge < -0.3 is 14.5 Å². The first-order chi connectivity index (χ1) is 9.99. The van der Waals surface area contributed by atoms with Gasteiger partial charge in [-0.1, -0.05) is 27.7 Å². The molecule has 0 atom stereocenters. The maximum Gasteiger partial charge on any atom is 0.214 e. The highest BCUT2D eigenvalue weighted by Gasteiger charge is 2.17. The third kappa shape index (κ3) is 4.60. The van der Waals surface area contributed by atoms with Crippen LogP contribution < -0.4 is 10.1 Å². The van der Waals surface area contributed by atoms with Crippen LogP contribution in [0.3, 0.4) is 0 Å². The van der Waals surface area contributed by atoms with E-state index in [1.807, 2.05) is 18.2 Å². The molecule has 0 aromatic carbocycles. The molecule has 0 radical (unpaired) electrons. The van der Waals surface area contributed by atoms with Crippen molar-refractivity contribution in [3.8, 4) is 5.88 Å². The summed E-state index contributed by atoms with van der Waals surface area (Å²) in [5, 5.41) is 3.34. The van der Waals surface area contributed by atoms with Crippen LogP contribution in [0.1, 0.15) is 44.7 Å². The molecule has 0 aliphatic carbocycles. The Bertz CT molecular complexity index is 557. The first kappa shape index (κ1) is 15.6. The normalized spacial score (nSPS) is 11.6. The molecule has 2 aromatic rings. The predicted molar refractivity (Wildman–Crippen MR) is 83.4 cm³/mol. The lowest BCUT2D eigenvalue weighted by atomic mass is 9.91. The lowest BCUT2D eigenvalue weighted by Crippen LogP contribution is -2.17. The molecule has 4 nitrogen and oxygen atoms in total. The summed E-state index contributed by atoms with van der Waals surface area (Å²) in [6, 6.07) is 7.88. The Kier molecular flexibility index (Phi) is 5.02. The molecule has 1 N–H and O–H groups in total. The van der Waals surface area contributed by atoms with E-state index in [1.165, 1.54) is 5.56 Å². The summed E-state index contributed by atoms with van der Waals surface area (Å²) in [7, 11) is 0. The fourth-order valence-electron chi connectivity index (χ4n) is 1.93. The lowest BCUT2D eigenvalue weighted by molar-refractivity contribution is 0.258. The molecule has 0 unspecified atom stereocenters. The molecular formula is C17H24N2O2. The van der Waals surface area contributed by atoms with Gasteiger partial charge in [-0.15, -0.1) is 0 Å². The highest BCUT2D eigenvalue weighted by molar-refractivity contribution is 5.28. The molecule has 4 heteroatoms. The van der Waals surface area contributed by atoms with Gasteiger partial charge in [-0.2, -0.15) is 0 Å². The number of aromatic nitrogens is 1.